The average molecular weight is 256 g/mol. The van der Waals surface area contributed by atoms with Gasteiger partial charge in [0.1, 0.15) is 5.75 Å². The van der Waals surface area contributed by atoms with Crippen LogP contribution >= 0.6 is 15.9 Å². The monoisotopic (exact) mass is 255 g/mol. The number of hydrogen-bond donors (Lipinski definition) is 1. The van der Waals surface area contributed by atoms with E-state index >= 15 is 0 Å². The largest absolute Gasteiger partial charge is 0.496 e. The topological polar surface area (TPSA) is 35.2 Å². The van der Waals surface area contributed by atoms with E-state index in [2.05, 4.69) is 22.0 Å². The molecule has 0 amide bonds. The molecule has 0 bridgehead atoms. The zero-order chi connectivity index (χ0) is 10.6. The summed E-state index contributed by atoms with van der Waals surface area (Å²) in [5.74, 6) is 0.840. The minimum Gasteiger partial charge on any atom is -0.496 e. The van der Waals surface area contributed by atoms with Gasteiger partial charge < -0.3 is 10.5 Å². The van der Waals surface area contributed by atoms with Crippen LogP contribution in [0.2, 0.25) is 0 Å². The number of nitrogens with two attached hydrogens (primary N) is 1. The van der Waals surface area contributed by atoms with Crippen molar-refractivity contribution in [2.45, 2.75) is 6.92 Å². The Morgan fingerprint density at radius 3 is 2.79 bits per heavy atom. The Hall–Kier alpha value is -0.800. The predicted octanol–water partition coefficient (Wildman–Crippen LogP) is 2.82. The minimum atomic E-state index is 0.587. The maximum absolute atomic E-state index is 5.51. The Morgan fingerprint density at radius 2 is 2.29 bits per heavy atom. The van der Waals surface area contributed by atoms with Crippen molar-refractivity contribution in [1.29, 1.82) is 0 Å². The number of halogens is 1. The highest BCUT2D eigenvalue weighted by atomic mass is 79.9. The molecular formula is C11H14BrNO. The highest BCUT2D eigenvalue weighted by Gasteiger charge is 1.99. The highest BCUT2D eigenvalue weighted by Crippen LogP contribution is 2.26. The molecular weight excluding hydrogens is 242 g/mol. The van der Waals surface area contributed by atoms with Crippen molar-refractivity contribution in [3.05, 3.63) is 33.8 Å². The van der Waals surface area contributed by atoms with Gasteiger partial charge in [0, 0.05) is 6.54 Å². The number of hydrogen-bond acceptors (Lipinski definition) is 2. The van der Waals surface area contributed by atoms with Crippen LogP contribution in [-0.2, 0) is 0 Å². The van der Waals surface area contributed by atoms with Crippen LogP contribution in [0.15, 0.2) is 28.2 Å². The number of rotatable bonds is 3. The summed E-state index contributed by atoms with van der Waals surface area (Å²) in [5, 5.41) is 0. The average Bonchev–Trinajstić information content (AvgIpc) is 2.18. The van der Waals surface area contributed by atoms with E-state index in [1.165, 1.54) is 0 Å². The summed E-state index contributed by atoms with van der Waals surface area (Å²) < 4.78 is 6.10. The van der Waals surface area contributed by atoms with Gasteiger partial charge in [-0.25, -0.2) is 0 Å². The van der Waals surface area contributed by atoms with E-state index in [9.17, 15) is 0 Å². The first kappa shape index (κ1) is 11.3. The second-order valence-electron chi connectivity index (χ2n) is 3.09. The first-order chi connectivity index (χ1) is 6.67. The van der Waals surface area contributed by atoms with Gasteiger partial charge in [-0.15, -0.1) is 0 Å². The van der Waals surface area contributed by atoms with E-state index in [4.69, 9.17) is 10.5 Å². The second kappa shape index (κ2) is 5.17. The molecule has 2 N–H and O–H groups in total. The lowest BCUT2D eigenvalue weighted by molar-refractivity contribution is 0.412. The van der Waals surface area contributed by atoms with Crippen molar-refractivity contribution in [1.82, 2.24) is 0 Å². The molecule has 0 aliphatic carbocycles. The Bertz CT molecular complexity index is 347. The molecule has 0 aliphatic heterocycles. The van der Waals surface area contributed by atoms with E-state index in [1.54, 1.807) is 7.11 Å². The third-order valence-electron chi connectivity index (χ3n) is 1.91. The fourth-order valence-electron chi connectivity index (χ4n) is 1.12. The highest BCUT2D eigenvalue weighted by molar-refractivity contribution is 9.10. The first-order valence-corrected chi connectivity index (χ1v) is 5.17. The molecule has 1 rings (SSSR count). The van der Waals surface area contributed by atoms with Crippen LogP contribution in [-0.4, -0.2) is 13.7 Å². The Kier molecular flexibility index (Phi) is 4.17. The molecule has 0 fully saturated rings. The van der Waals surface area contributed by atoms with Crippen LogP contribution in [0, 0.1) is 0 Å². The zero-order valence-corrected chi connectivity index (χ0v) is 9.97. The number of ether oxygens (including phenoxy) is 1. The van der Waals surface area contributed by atoms with Gasteiger partial charge in [-0.1, -0.05) is 17.7 Å². The van der Waals surface area contributed by atoms with Crippen molar-refractivity contribution >= 4 is 22.0 Å². The van der Waals surface area contributed by atoms with Crippen LogP contribution in [0.25, 0.3) is 6.08 Å². The van der Waals surface area contributed by atoms with Gasteiger partial charge in [-0.3, -0.25) is 0 Å². The fraction of sp³-hybridized carbons (Fsp3) is 0.273. The first-order valence-electron chi connectivity index (χ1n) is 4.38. The van der Waals surface area contributed by atoms with Crippen LogP contribution in [0.5, 0.6) is 5.75 Å². The van der Waals surface area contributed by atoms with Gasteiger partial charge in [0.2, 0.25) is 0 Å². The number of methoxy groups -OCH3 is 1. The van der Waals surface area contributed by atoms with Crippen molar-refractivity contribution in [3.8, 4) is 5.75 Å². The summed E-state index contributed by atoms with van der Waals surface area (Å²) in [4.78, 5) is 0. The molecule has 0 radical (unpaired) electrons. The summed E-state index contributed by atoms with van der Waals surface area (Å²) in [5.41, 5.74) is 7.79. The minimum absolute atomic E-state index is 0.587. The SMILES string of the molecule is COc1ccc(C=C(C)CN)cc1Br. The molecule has 0 aliphatic rings. The molecule has 0 heterocycles. The Labute approximate surface area is 92.9 Å². The molecule has 3 heteroatoms. The molecule has 1 aromatic rings. The maximum Gasteiger partial charge on any atom is 0.133 e. The van der Waals surface area contributed by atoms with Gasteiger partial charge in [0.15, 0.2) is 0 Å². The fourth-order valence-corrected chi connectivity index (χ4v) is 1.67. The molecule has 0 atom stereocenters. The molecule has 2 nitrogen and oxygen atoms in total. The van der Waals surface area contributed by atoms with E-state index < -0.39 is 0 Å². The van der Waals surface area contributed by atoms with Gasteiger partial charge in [0.05, 0.1) is 11.6 Å². The van der Waals surface area contributed by atoms with Crippen LogP contribution in [0.4, 0.5) is 0 Å². The van der Waals surface area contributed by atoms with Gasteiger partial charge >= 0.3 is 0 Å². The summed E-state index contributed by atoms with van der Waals surface area (Å²) in [6, 6.07) is 5.94. The summed E-state index contributed by atoms with van der Waals surface area (Å²) >= 11 is 3.43. The lowest BCUT2D eigenvalue weighted by Gasteiger charge is -2.04. The molecule has 76 valence electrons. The lowest BCUT2D eigenvalue weighted by atomic mass is 10.1. The Balaban J connectivity index is 2.97. The number of benzene rings is 1. The lowest BCUT2D eigenvalue weighted by Crippen LogP contribution is -1.99. The third-order valence-corrected chi connectivity index (χ3v) is 2.53. The van der Waals surface area contributed by atoms with Crippen molar-refractivity contribution in [2.75, 3.05) is 13.7 Å². The molecule has 0 aromatic heterocycles. The van der Waals surface area contributed by atoms with E-state index in [0.29, 0.717) is 6.54 Å². The molecule has 1 aromatic carbocycles. The maximum atomic E-state index is 5.51. The molecule has 0 saturated heterocycles. The van der Waals surface area contributed by atoms with E-state index in [0.717, 1.165) is 21.4 Å². The molecule has 0 spiro atoms. The van der Waals surface area contributed by atoms with Gasteiger partial charge in [-0.05, 0) is 40.5 Å². The van der Waals surface area contributed by atoms with Crippen molar-refractivity contribution < 1.29 is 4.74 Å². The standard InChI is InChI=1S/C11H14BrNO/c1-8(7-13)5-9-3-4-11(14-2)10(12)6-9/h3-6H,7,13H2,1-2H3. The third kappa shape index (κ3) is 2.86. The zero-order valence-electron chi connectivity index (χ0n) is 8.38. The van der Waals surface area contributed by atoms with Crippen molar-refractivity contribution in [2.24, 2.45) is 5.73 Å². The van der Waals surface area contributed by atoms with E-state index in [1.807, 2.05) is 25.1 Å². The normalized spacial score (nSPS) is 11.6. The van der Waals surface area contributed by atoms with Crippen LogP contribution < -0.4 is 10.5 Å². The predicted molar refractivity (Wildman–Crippen MR) is 63.4 cm³/mol. The van der Waals surface area contributed by atoms with Crippen LogP contribution in [0.1, 0.15) is 12.5 Å². The van der Waals surface area contributed by atoms with E-state index in [-0.39, 0.29) is 0 Å². The second-order valence-corrected chi connectivity index (χ2v) is 3.94. The van der Waals surface area contributed by atoms with Gasteiger partial charge in [0.25, 0.3) is 0 Å². The van der Waals surface area contributed by atoms with Crippen molar-refractivity contribution in [3.63, 3.8) is 0 Å². The molecule has 0 saturated carbocycles. The summed E-state index contributed by atoms with van der Waals surface area (Å²) in [6.45, 7) is 2.60. The Morgan fingerprint density at radius 1 is 1.57 bits per heavy atom. The summed E-state index contributed by atoms with van der Waals surface area (Å²) in [6.07, 6.45) is 2.06. The molecule has 14 heavy (non-hydrogen) atoms. The quantitative estimate of drug-likeness (QED) is 0.902. The summed E-state index contributed by atoms with van der Waals surface area (Å²) in [7, 11) is 1.65. The smallest absolute Gasteiger partial charge is 0.133 e. The van der Waals surface area contributed by atoms with Gasteiger partial charge in [-0.2, -0.15) is 0 Å². The molecule has 0 unspecified atom stereocenters. The van der Waals surface area contributed by atoms with Crippen LogP contribution in [0.3, 0.4) is 0 Å².